The molecule has 0 rings (SSSR count). The molecule has 0 fully saturated rings. The number of carbonyl (C=O) groups is 3. The first kappa shape index (κ1) is 18.3. The normalized spacial score (nSPS) is 6.67. The van der Waals surface area contributed by atoms with Crippen LogP contribution in [0.15, 0.2) is 0 Å². The van der Waals surface area contributed by atoms with Crippen LogP contribution in [0.3, 0.4) is 0 Å². The Morgan fingerprint density at radius 1 is 0.917 bits per heavy atom. The number of ether oxygens (including phenoxy) is 2. The number of hydrogen-bond acceptors (Lipinski definition) is 5. The van der Waals surface area contributed by atoms with Crippen molar-refractivity contribution in [2.24, 2.45) is 0 Å². The van der Waals surface area contributed by atoms with Gasteiger partial charge in [-0.3, -0.25) is 0 Å². The standard InChI is InChI=1S/C3H2O7.K.Li.2H/c4-1(5)9-3(8)10-2(6)7;;;;/h(H,4,5)(H,6,7);;;;. The molecule has 0 aromatic heterocycles. The van der Waals surface area contributed by atoms with Gasteiger partial charge in [0, 0.05) is 0 Å². The zero-order valence-electron chi connectivity index (χ0n) is 4.44. The maximum absolute atomic E-state index is 9.86. The first-order valence-electron chi connectivity index (χ1n) is 1.88. The molecule has 0 bridgehead atoms. The zero-order valence-corrected chi connectivity index (χ0v) is 4.44. The van der Waals surface area contributed by atoms with E-state index in [0.717, 1.165) is 0 Å². The van der Waals surface area contributed by atoms with E-state index in [0.29, 0.717) is 0 Å². The maximum atomic E-state index is 9.86. The molecule has 0 aliphatic heterocycles. The fourth-order valence-corrected chi connectivity index (χ4v) is 0.163. The van der Waals surface area contributed by atoms with Crippen LogP contribution in [0.4, 0.5) is 14.4 Å². The number of carboxylic acid groups (broad SMARTS) is 2. The van der Waals surface area contributed by atoms with Crippen molar-refractivity contribution in [1.82, 2.24) is 0 Å². The number of rotatable bonds is 0. The summed E-state index contributed by atoms with van der Waals surface area (Å²) in [5, 5.41) is 15.4. The van der Waals surface area contributed by atoms with Crippen molar-refractivity contribution in [3.05, 3.63) is 0 Å². The van der Waals surface area contributed by atoms with E-state index in [1.54, 1.807) is 0 Å². The second-order valence-corrected chi connectivity index (χ2v) is 0.986. The summed E-state index contributed by atoms with van der Waals surface area (Å²) in [5.74, 6) is 0. The van der Waals surface area contributed by atoms with Crippen LogP contribution in [-0.4, -0.2) is 98.9 Å². The summed E-state index contributed by atoms with van der Waals surface area (Å²) in [4.78, 5) is 28.8. The van der Waals surface area contributed by atoms with E-state index in [2.05, 4.69) is 9.47 Å². The fraction of sp³-hybridized carbons (Fsp3) is 0. The molecule has 0 amide bonds. The van der Waals surface area contributed by atoms with Crippen molar-refractivity contribution in [2.75, 3.05) is 0 Å². The van der Waals surface area contributed by atoms with E-state index in [1.165, 1.54) is 0 Å². The quantitative estimate of drug-likeness (QED) is 0.297. The first-order chi connectivity index (χ1) is 4.52. The number of hydrogen-bond donors (Lipinski definition) is 2. The van der Waals surface area contributed by atoms with Crippen LogP contribution in [-0.2, 0) is 9.47 Å². The first-order valence-corrected chi connectivity index (χ1v) is 1.88. The van der Waals surface area contributed by atoms with E-state index < -0.39 is 18.5 Å². The van der Waals surface area contributed by atoms with Gasteiger partial charge in [0.2, 0.25) is 0 Å². The molecule has 60 valence electrons. The molecule has 0 unspecified atom stereocenters. The van der Waals surface area contributed by atoms with Gasteiger partial charge in [0.25, 0.3) is 0 Å². The van der Waals surface area contributed by atoms with Gasteiger partial charge in [-0.05, 0) is 0 Å². The van der Waals surface area contributed by atoms with Crippen LogP contribution in [0, 0.1) is 0 Å². The van der Waals surface area contributed by atoms with Crippen LogP contribution in [0.1, 0.15) is 0 Å². The van der Waals surface area contributed by atoms with Gasteiger partial charge in [-0.1, -0.05) is 0 Å². The van der Waals surface area contributed by atoms with Crippen molar-refractivity contribution < 1.29 is 34.1 Å². The van der Waals surface area contributed by atoms with Crippen molar-refractivity contribution >= 4 is 88.7 Å². The summed E-state index contributed by atoms with van der Waals surface area (Å²) in [7, 11) is 0. The van der Waals surface area contributed by atoms with E-state index in [1.807, 2.05) is 0 Å². The summed E-state index contributed by atoms with van der Waals surface area (Å²) in [6, 6.07) is 0. The average Bonchev–Trinajstić information content (AvgIpc) is 1.58. The van der Waals surface area contributed by atoms with Gasteiger partial charge in [-0.15, -0.1) is 0 Å². The SMILES string of the molecule is O=C(O)OC(=O)OC(=O)O.[KH].[LiH]. The van der Waals surface area contributed by atoms with E-state index >= 15 is 0 Å². The summed E-state index contributed by atoms with van der Waals surface area (Å²) in [5.41, 5.74) is 0. The van der Waals surface area contributed by atoms with E-state index in [4.69, 9.17) is 10.2 Å². The third kappa shape index (κ3) is 13.1. The summed E-state index contributed by atoms with van der Waals surface area (Å²) >= 11 is 0. The Morgan fingerprint density at radius 2 is 1.17 bits per heavy atom. The molecule has 0 heterocycles. The minimum atomic E-state index is -1.92. The Bertz CT molecular complexity index is 161. The van der Waals surface area contributed by atoms with Crippen molar-refractivity contribution in [3.8, 4) is 0 Å². The summed E-state index contributed by atoms with van der Waals surface area (Å²) in [6.07, 6.45) is -5.64. The van der Waals surface area contributed by atoms with Crippen molar-refractivity contribution in [1.29, 1.82) is 0 Å². The van der Waals surface area contributed by atoms with Crippen LogP contribution in [0.2, 0.25) is 0 Å². The van der Waals surface area contributed by atoms with Gasteiger partial charge in [-0.25, -0.2) is 14.4 Å². The molecule has 0 aliphatic carbocycles. The van der Waals surface area contributed by atoms with Gasteiger partial charge >= 0.3 is 88.7 Å². The van der Waals surface area contributed by atoms with Gasteiger partial charge in [0.1, 0.15) is 0 Å². The Morgan fingerprint density at radius 3 is 1.33 bits per heavy atom. The van der Waals surface area contributed by atoms with Gasteiger partial charge < -0.3 is 19.7 Å². The molecule has 2 N–H and O–H groups in total. The fourth-order valence-electron chi connectivity index (χ4n) is 0.163. The van der Waals surface area contributed by atoms with Crippen LogP contribution < -0.4 is 0 Å². The summed E-state index contributed by atoms with van der Waals surface area (Å²) in [6.45, 7) is 0. The van der Waals surface area contributed by atoms with Crippen LogP contribution in [0.25, 0.3) is 0 Å². The molecule has 0 aromatic rings. The molecule has 9 heteroatoms. The van der Waals surface area contributed by atoms with Crippen molar-refractivity contribution in [2.45, 2.75) is 0 Å². The molecule has 12 heavy (non-hydrogen) atoms. The molecule has 0 radical (unpaired) electrons. The molecule has 0 aromatic carbocycles. The minimum absolute atomic E-state index is 0. The molecule has 0 spiro atoms. The predicted molar refractivity (Wildman–Crippen MR) is 37.9 cm³/mol. The molecule has 0 aliphatic rings. The topological polar surface area (TPSA) is 110 Å². The molecular formula is C3H4KLiO7. The Labute approximate surface area is 121 Å². The van der Waals surface area contributed by atoms with E-state index in [-0.39, 0.29) is 70.2 Å². The Kier molecular flexibility index (Phi) is 14.5. The third-order valence-electron chi connectivity index (χ3n) is 0.341. The molecular weight excluding hydrogens is 194 g/mol. The van der Waals surface area contributed by atoms with E-state index in [9.17, 15) is 14.4 Å². The van der Waals surface area contributed by atoms with Gasteiger partial charge in [0.05, 0.1) is 0 Å². The predicted octanol–water partition coefficient (Wildman–Crippen LogP) is -0.801. The van der Waals surface area contributed by atoms with Gasteiger partial charge in [0.15, 0.2) is 0 Å². The molecule has 7 nitrogen and oxygen atoms in total. The zero-order chi connectivity index (χ0) is 8.15. The molecule has 0 atom stereocenters. The Hall–Kier alpha value is 0.444. The number of carbonyl (C=O) groups excluding carboxylic acids is 1. The summed E-state index contributed by atoms with van der Waals surface area (Å²) < 4.78 is 6.47. The second-order valence-electron chi connectivity index (χ2n) is 0.986. The molecule has 0 saturated heterocycles. The monoisotopic (exact) mass is 198 g/mol. The molecule has 0 saturated carbocycles. The van der Waals surface area contributed by atoms with Gasteiger partial charge in [-0.2, -0.15) is 0 Å². The van der Waals surface area contributed by atoms with Crippen LogP contribution in [0.5, 0.6) is 0 Å². The third-order valence-corrected chi connectivity index (χ3v) is 0.341. The average molecular weight is 198 g/mol. The Balaban J connectivity index is -0.000000405. The second kappa shape index (κ2) is 9.53. The van der Waals surface area contributed by atoms with Crippen molar-refractivity contribution in [3.63, 3.8) is 0 Å². The van der Waals surface area contributed by atoms with Crippen LogP contribution >= 0.6 is 0 Å².